The van der Waals surface area contributed by atoms with Gasteiger partial charge in [0.2, 0.25) is 0 Å². The van der Waals surface area contributed by atoms with E-state index < -0.39 is 10.0 Å². The number of amides is 1. The highest BCUT2D eigenvalue weighted by Gasteiger charge is 2.22. The number of para-hydroxylation sites is 1. The fourth-order valence-corrected chi connectivity index (χ4v) is 4.08. The monoisotopic (exact) mass is 394 g/mol. The predicted molar refractivity (Wildman–Crippen MR) is 111 cm³/mol. The second-order valence-corrected chi connectivity index (χ2v) is 8.41. The summed E-state index contributed by atoms with van der Waals surface area (Å²) in [4.78, 5) is 12.7. The molecule has 0 aromatic heterocycles. The molecule has 0 saturated carbocycles. The van der Waals surface area contributed by atoms with Crippen LogP contribution in [0.5, 0.6) is 0 Å². The van der Waals surface area contributed by atoms with E-state index in [1.54, 1.807) is 36.4 Å². The molecule has 28 heavy (non-hydrogen) atoms. The minimum Gasteiger partial charge on any atom is -0.346 e. The summed E-state index contributed by atoms with van der Waals surface area (Å²) in [6.07, 6.45) is 0. The van der Waals surface area contributed by atoms with Crippen molar-refractivity contribution in [3.05, 3.63) is 96.1 Å². The largest absolute Gasteiger partial charge is 0.346 e. The number of carbonyl (C=O) groups is 1. The second-order valence-electron chi connectivity index (χ2n) is 6.44. The zero-order valence-electron chi connectivity index (χ0n) is 15.7. The third kappa shape index (κ3) is 4.23. The molecular weight excluding hydrogens is 372 g/mol. The smallest absolute Gasteiger partial charge is 0.264 e. The minimum atomic E-state index is -3.78. The van der Waals surface area contributed by atoms with Gasteiger partial charge in [-0.2, -0.15) is 0 Å². The van der Waals surface area contributed by atoms with E-state index in [1.807, 2.05) is 43.3 Å². The molecule has 5 nitrogen and oxygen atoms in total. The van der Waals surface area contributed by atoms with Crippen LogP contribution in [0.15, 0.2) is 89.8 Å². The molecule has 1 N–H and O–H groups in total. The molecule has 144 valence electrons. The lowest BCUT2D eigenvalue weighted by molar-refractivity contribution is 0.0939. The Labute approximate surface area is 165 Å². The van der Waals surface area contributed by atoms with E-state index in [0.717, 1.165) is 5.56 Å². The number of nitrogens with zero attached hydrogens (tertiary/aromatic N) is 1. The molecule has 0 saturated heterocycles. The summed E-state index contributed by atoms with van der Waals surface area (Å²) in [6.45, 7) is 1.89. The number of sulfonamides is 1. The molecule has 0 fully saturated rings. The first-order chi connectivity index (χ1) is 13.4. The van der Waals surface area contributed by atoms with Crippen LogP contribution >= 0.6 is 0 Å². The van der Waals surface area contributed by atoms with Crippen LogP contribution in [0, 0.1) is 0 Å². The summed E-state index contributed by atoms with van der Waals surface area (Å²) in [6, 6.07) is 24.3. The number of rotatable bonds is 6. The lowest BCUT2D eigenvalue weighted by Crippen LogP contribution is -2.28. The van der Waals surface area contributed by atoms with E-state index in [1.165, 1.54) is 23.5 Å². The van der Waals surface area contributed by atoms with Crippen LogP contribution < -0.4 is 9.62 Å². The van der Waals surface area contributed by atoms with Crippen LogP contribution in [0.25, 0.3) is 0 Å². The molecule has 0 unspecified atom stereocenters. The first-order valence-corrected chi connectivity index (χ1v) is 10.3. The summed E-state index contributed by atoms with van der Waals surface area (Å²) in [5, 5.41) is 2.90. The predicted octanol–water partition coefficient (Wildman–Crippen LogP) is 4.00. The van der Waals surface area contributed by atoms with Gasteiger partial charge in [0, 0.05) is 12.6 Å². The standard InChI is InChI=1S/C22H22N2O3S/c1-17(18-10-5-3-6-11-18)23-22(25)19-12-9-15-21(16-19)28(26,27)24(2)20-13-7-4-8-14-20/h3-17H,1-2H3,(H,23,25)/t17-/m0/s1. The van der Waals surface area contributed by atoms with E-state index in [9.17, 15) is 13.2 Å². The molecule has 6 heteroatoms. The zero-order valence-corrected chi connectivity index (χ0v) is 16.6. The van der Waals surface area contributed by atoms with Crippen molar-refractivity contribution in [2.75, 3.05) is 11.4 Å². The Morgan fingerprint density at radius 3 is 2.14 bits per heavy atom. The number of carbonyl (C=O) groups excluding carboxylic acids is 1. The third-order valence-electron chi connectivity index (χ3n) is 4.52. The molecule has 0 aliphatic rings. The SMILES string of the molecule is C[C@H](NC(=O)c1cccc(S(=O)(=O)N(C)c2ccccc2)c1)c1ccccc1. The average Bonchev–Trinajstić information content (AvgIpc) is 2.74. The number of hydrogen-bond donors (Lipinski definition) is 1. The van der Waals surface area contributed by atoms with E-state index in [2.05, 4.69) is 5.32 Å². The van der Waals surface area contributed by atoms with Crippen LogP contribution in [-0.2, 0) is 10.0 Å². The van der Waals surface area contributed by atoms with Gasteiger partial charge in [-0.05, 0) is 42.8 Å². The Kier molecular flexibility index (Phi) is 5.80. The van der Waals surface area contributed by atoms with Crippen LogP contribution in [0.1, 0.15) is 28.9 Å². The molecule has 0 bridgehead atoms. The maximum atomic E-state index is 12.9. The lowest BCUT2D eigenvalue weighted by atomic mass is 10.1. The van der Waals surface area contributed by atoms with Crippen molar-refractivity contribution in [2.24, 2.45) is 0 Å². The van der Waals surface area contributed by atoms with Gasteiger partial charge < -0.3 is 5.32 Å². The molecule has 1 atom stereocenters. The van der Waals surface area contributed by atoms with Crippen molar-refractivity contribution in [2.45, 2.75) is 17.9 Å². The van der Waals surface area contributed by atoms with Crippen LogP contribution in [-0.4, -0.2) is 21.4 Å². The second kappa shape index (κ2) is 8.27. The Balaban J connectivity index is 1.82. The van der Waals surface area contributed by atoms with Gasteiger partial charge in [0.05, 0.1) is 16.6 Å². The van der Waals surface area contributed by atoms with E-state index in [0.29, 0.717) is 11.3 Å². The third-order valence-corrected chi connectivity index (χ3v) is 6.30. The zero-order chi connectivity index (χ0) is 20.1. The number of nitrogens with one attached hydrogen (secondary N) is 1. The molecule has 0 radical (unpaired) electrons. The van der Waals surface area contributed by atoms with Crippen LogP contribution in [0.2, 0.25) is 0 Å². The first kappa shape index (κ1) is 19.6. The first-order valence-electron chi connectivity index (χ1n) is 8.89. The normalized spacial score (nSPS) is 12.2. The van der Waals surface area contributed by atoms with Gasteiger partial charge in [-0.25, -0.2) is 8.42 Å². The molecule has 0 aliphatic heterocycles. The van der Waals surface area contributed by atoms with E-state index in [-0.39, 0.29) is 16.8 Å². The Morgan fingerprint density at radius 1 is 0.893 bits per heavy atom. The number of benzene rings is 3. The van der Waals surface area contributed by atoms with E-state index in [4.69, 9.17) is 0 Å². The highest BCUT2D eigenvalue weighted by molar-refractivity contribution is 7.92. The van der Waals surface area contributed by atoms with Crippen LogP contribution in [0.4, 0.5) is 5.69 Å². The summed E-state index contributed by atoms with van der Waals surface area (Å²) in [5.74, 6) is -0.323. The van der Waals surface area contributed by atoms with Gasteiger partial charge >= 0.3 is 0 Å². The fraction of sp³-hybridized carbons (Fsp3) is 0.136. The van der Waals surface area contributed by atoms with Gasteiger partial charge in [0.15, 0.2) is 0 Å². The maximum absolute atomic E-state index is 12.9. The summed E-state index contributed by atoms with van der Waals surface area (Å²) < 4.78 is 27.1. The van der Waals surface area contributed by atoms with Gasteiger partial charge in [0.1, 0.15) is 0 Å². The molecule has 1 amide bonds. The highest BCUT2D eigenvalue weighted by atomic mass is 32.2. The quantitative estimate of drug-likeness (QED) is 0.687. The molecule has 3 aromatic carbocycles. The van der Waals surface area contributed by atoms with Gasteiger partial charge in [-0.3, -0.25) is 9.10 Å². The molecule has 3 aromatic rings. The number of anilines is 1. The topological polar surface area (TPSA) is 66.5 Å². The van der Waals surface area contributed by atoms with E-state index >= 15 is 0 Å². The summed E-state index contributed by atoms with van der Waals surface area (Å²) in [5.41, 5.74) is 1.82. The Hall–Kier alpha value is -3.12. The van der Waals surface area contributed by atoms with Crippen molar-refractivity contribution in [3.63, 3.8) is 0 Å². The molecule has 0 spiro atoms. The van der Waals surface area contributed by atoms with Crippen molar-refractivity contribution < 1.29 is 13.2 Å². The molecule has 0 aliphatic carbocycles. The van der Waals surface area contributed by atoms with Crippen molar-refractivity contribution in [1.29, 1.82) is 0 Å². The lowest BCUT2D eigenvalue weighted by Gasteiger charge is -2.20. The van der Waals surface area contributed by atoms with Gasteiger partial charge in [0.25, 0.3) is 15.9 Å². The average molecular weight is 394 g/mol. The molecular formula is C22H22N2O3S. The summed E-state index contributed by atoms with van der Waals surface area (Å²) >= 11 is 0. The number of hydrogen-bond acceptors (Lipinski definition) is 3. The highest BCUT2D eigenvalue weighted by Crippen LogP contribution is 2.22. The van der Waals surface area contributed by atoms with Crippen molar-refractivity contribution >= 4 is 21.6 Å². The van der Waals surface area contributed by atoms with Crippen LogP contribution in [0.3, 0.4) is 0 Å². The van der Waals surface area contributed by atoms with Crippen molar-refractivity contribution in [1.82, 2.24) is 5.32 Å². The minimum absolute atomic E-state index is 0.0684. The van der Waals surface area contributed by atoms with Gasteiger partial charge in [-0.1, -0.05) is 54.6 Å². The molecule has 0 heterocycles. The maximum Gasteiger partial charge on any atom is 0.264 e. The Bertz CT molecular complexity index is 1050. The fourth-order valence-electron chi connectivity index (χ4n) is 2.84. The molecule has 3 rings (SSSR count). The van der Waals surface area contributed by atoms with Gasteiger partial charge in [-0.15, -0.1) is 0 Å². The Morgan fingerprint density at radius 2 is 1.50 bits per heavy atom. The summed E-state index contributed by atoms with van der Waals surface area (Å²) in [7, 11) is -2.28. The van der Waals surface area contributed by atoms with Crippen molar-refractivity contribution in [3.8, 4) is 0 Å².